The minimum atomic E-state index is -1.13. The summed E-state index contributed by atoms with van der Waals surface area (Å²) in [5, 5.41) is 11.8. The van der Waals surface area contributed by atoms with Crippen LogP contribution in [0.3, 0.4) is 0 Å². The Morgan fingerprint density at radius 3 is 2.62 bits per heavy atom. The number of nitrogens with one attached hydrogen (secondary N) is 1. The van der Waals surface area contributed by atoms with Crippen molar-refractivity contribution in [1.29, 1.82) is 0 Å². The lowest BCUT2D eigenvalue weighted by atomic mass is 10.1. The van der Waals surface area contributed by atoms with Crippen LogP contribution in [0.2, 0.25) is 0 Å². The molecule has 3 aromatic rings. The Morgan fingerprint density at radius 1 is 1.10 bits per heavy atom. The molecule has 0 saturated carbocycles. The zero-order valence-electron chi connectivity index (χ0n) is 10.7. The van der Waals surface area contributed by atoms with Crippen molar-refractivity contribution in [1.82, 2.24) is 4.98 Å². The van der Waals surface area contributed by atoms with E-state index in [9.17, 15) is 9.59 Å². The summed E-state index contributed by atoms with van der Waals surface area (Å²) in [5.41, 5.74) is 3.32. The van der Waals surface area contributed by atoms with Gasteiger partial charge in [0.05, 0.1) is 26.9 Å². The number of benzene rings is 2. The second-order valence-electron chi connectivity index (χ2n) is 4.34. The third-order valence-corrected chi connectivity index (χ3v) is 3.78. The lowest BCUT2D eigenvalue weighted by molar-refractivity contribution is 0.0692. The smallest absolute Gasteiger partial charge is 0.336 e. The van der Waals surface area contributed by atoms with Crippen molar-refractivity contribution in [3.05, 3.63) is 59.1 Å². The van der Waals surface area contributed by atoms with Gasteiger partial charge in [0.15, 0.2) is 0 Å². The number of hydrogen-bond donors (Lipinski definition) is 2. The van der Waals surface area contributed by atoms with Gasteiger partial charge in [-0.2, -0.15) is 0 Å². The van der Waals surface area contributed by atoms with E-state index in [1.54, 1.807) is 23.7 Å². The largest absolute Gasteiger partial charge is 0.478 e. The average Bonchev–Trinajstić information content (AvgIpc) is 2.94. The van der Waals surface area contributed by atoms with Crippen molar-refractivity contribution in [2.45, 2.75) is 0 Å². The number of thiazole rings is 1. The number of rotatable bonds is 3. The molecular formula is C15H10N2O3S. The number of amides is 1. The first-order chi connectivity index (χ1) is 10.1. The number of carboxylic acids is 1. The van der Waals surface area contributed by atoms with Crippen molar-refractivity contribution in [2.24, 2.45) is 0 Å². The summed E-state index contributed by atoms with van der Waals surface area (Å²) in [6.45, 7) is 0. The molecule has 5 nitrogen and oxygen atoms in total. The normalized spacial score (nSPS) is 10.5. The third kappa shape index (κ3) is 2.61. The Balaban J connectivity index is 1.91. The number of aromatic nitrogens is 1. The van der Waals surface area contributed by atoms with Crippen molar-refractivity contribution in [2.75, 3.05) is 5.32 Å². The molecule has 0 atom stereocenters. The van der Waals surface area contributed by atoms with E-state index in [0.29, 0.717) is 5.69 Å². The number of carbonyl (C=O) groups is 2. The summed E-state index contributed by atoms with van der Waals surface area (Å²) in [4.78, 5) is 27.5. The van der Waals surface area contributed by atoms with Crippen molar-refractivity contribution < 1.29 is 14.7 Å². The van der Waals surface area contributed by atoms with Gasteiger partial charge in [0.2, 0.25) is 0 Å². The Labute approximate surface area is 123 Å². The van der Waals surface area contributed by atoms with Crippen LogP contribution in [0.15, 0.2) is 48.0 Å². The van der Waals surface area contributed by atoms with Crippen molar-refractivity contribution in [3.63, 3.8) is 0 Å². The van der Waals surface area contributed by atoms with Crippen LogP contribution in [0.25, 0.3) is 10.2 Å². The van der Waals surface area contributed by atoms with E-state index in [4.69, 9.17) is 5.11 Å². The SMILES string of the molecule is O=C(O)c1ccccc1C(=O)Nc1ccc2ncsc2c1. The Kier molecular flexibility index (Phi) is 3.37. The van der Waals surface area contributed by atoms with Crippen molar-refractivity contribution in [3.8, 4) is 0 Å². The summed E-state index contributed by atoms with van der Waals surface area (Å²) >= 11 is 1.48. The zero-order valence-corrected chi connectivity index (χ0v) is 11.6. The topological polar surface area (TPSA) is 79.3 Å². The number of carbonyl (C=O) groups excluding carboxylic acids is 1. The molecule has 0 radical (unpaired) electrons. The lowest BCUT2D eigenvalue weighted by Gasteiger charge is -2.07. The number of hydrogen-bond acceptors (Lipinski definition) is 4. The number of nitrogens with zero attached hydrogens (tertiary/aromatic N) is 1. The maximum atomic E-state index is 12.2. The lowest BCUT2D eigenvalue weighted by Crippen LogP contribution is -2.16. The molecule has 2 N–H and O–H groups in total. The molecule has 0 aliphatic rings. The average molecular weight is 298 g/mol. The quantitative estimate of drug-likeness (QED) is 0.778. The minimum Gasteiger partial charge on any atom is -0.478 e. The van der Waals surface area contributed by atoms with E-state index in [1.165, 1.54) is 23.5 Å². The van der Waals surface area contributed by atoms with Crippen LogP contribution in [0.4, 0.5) is 5.69 Å². The van der Waals surface area contributed by atoms with Gasteiger partial charge in [-0.05, 0) is 30.3 Å². The molecule has 1 aromatic heterocycles. The zero-order chi connectivity index (χ0) is 14.8. The first-order valence-corrected chi connectivity index (χ1v) is 7.00. The number of anilines is 1. The standard InChI is InChI=1S/C15H10N2O3S/c18-14(10-3-1-2-4-11(10)15(19)20)17-9-5-6-12-13(7-9)21-8-16-12/h1-8H,(H,17,18)(H,19,20). The van der Waals surface area contributed by atoms with Gasteiger partial charge in [-0.1, -0.05) is 12.1 Å². The van der Waals surface area contributed by atoms with Gasteiger partial charge in [0.1, 0.15) is 0 Å². The molecule has 2 aromatic carbocycles. The molecule has 0 unspecified atom stereocenters. The Morgan fingerprint density at radius 2 is 1.86 bits per heavy atom. The van der Waals surface area contributed by atoms with Crippen molar-refractivity contribution >= 4 is 39.1 Å². The first kappa shape index (κ1) is 13.3. The number of carboxylic acid groups (broad SMARTS) is 1. The first-order valence-electron chi connectivity index (χ1n) is 6.12. The summed E-state index contributed by atoms with van der Waals surface area (Å²) in [5.74, 6) is -1.57. The molecule has 0 spiro atoms. The monoisotopic (exact) mass is 298 g/mol. The molecule has 6 heteroatoms. The molecule has 0 bridgehead atoms. The van der Waals surface area contributed by atoms with Gasteiger partial charge >= 0.3 is 5.97 Å². The van der Waals surface area contributed by atoms with Crippen LogP contribution in [0.5, 0.6) is 0 Å². The molecule has 0 aliphatic carbocycles. The van der Waals surface area contributed by atoms with Crippen LogP contribution in [0.1, 0.15) is 20.7 Å². The maximum Gasteiger partial charge on any atom is 0.336 e. The van der Waals surface area contributed by atoms with Crippen LogP contribution in [0, 0.1) is 0 Å². The van der Waals surface area contributed by atoms with Gasteiger partial charge in [-0.15, -0.1) is 11.3 Å². The van der Waals surface area contributed by atoms with E-state index in [0.717, 1.165) is 10.2 Å². The van der Waals surface area contributed by atoms with Gasteiger partial charge in [0.25, 0.3) is 5.91 Å². The predicted octanol–water partition coefficient (Wildman–Crippen LogP) is 3.25. The molecule has 0 fully saturated rings. The van der Waals surface area contributed by atoms with Crippen LogP contribution in [-0.2, 0) is 0 Å². The van der Waals surface area contributed by atoms with E-state index in [1.807, 2.05) is 12.1 Å². The van der Waals surface area contributed by atoms with Gasteiger partial charge in [0, 0.05) is 5.69 Å². The van der Waals surface area contributed by atoms with Crippen LogP contribution in [-0.4, -0.2) is 22.0 Å². The van der Waals surface area contributed by atoms with E-state index >= 15 is 0 Å². The number of fused-ring (bicyclic) bond motifs is 1. The van der Waals surface area contributed by atoms with Gasteiger partial charge in [-0.25, -0.2) is 9.78 Å². The highest BCUT2D eigenvalue weighted by Gasteiger charge is 2.15. The molecular weight excluding hydrogens is 288 g/mol. The maximum absolute atomic E-state index is 12.2. The summed E-state index contributed by atoms with van der Waals surface area (Å²) in [6.07, 6.45) is 0. The van der Waals surface area contributed by atoms with Crippen LogP contribution < -0.4 is 5.32 Å². The molecule has 0 aliphatic heterocycles. The molecule has 104 valence electrons. The van der Waals surface area contributed by atoms with Crippen LogP contribution >= 0.6 is 11.3 Å². The summed E-state index contributed by atoms with van der Waals surface area (Å²) in [7, 11) is 0. The molecule has 21 heavy (non-hydrogen) atoms. The minimum absolute atomic E-state index is 0.0196. The fraction of sp³-hybridized carbons (Fsp3) is 0. The summed E-state index contributed by atoms with van der Waals surface area (Å²) < 4.78 is 0.958. The molecule has 3 rings (SSSR count). The molecule has 1 amide bonds. The second-order valence-corrected chi connectivity index (χ2v) is 5.23. The highest BCUT2D eigenvalue weighted by molar-refractivity contribution is 7.16. The van der Waals surface area contributed by atoms with E-state index < -0.39 is 11.9 Å². The highest BCUT2D eigenvalue weighted by Crippen LogP contribution is 2.22. The molecule has 1 heterocycles. The number of aromatic carboxylic acids is 1. The summed E-state index contributed by atoms with van der Waals surface area (Å²) in [6, 6.07) is 11.5. The highest BCUT2D eigenvalue weighted by atomic mass is 32.1. The van der Waals surface area contributed by atoms with Gasteiger partial charge in [-0.3, -0.25) is 4.79 Å². The van der Waals surface area contributed by atoms with E-state index in [2.05, 4.69) is 10.3 Å². The third-order valence-electron chi connectivity index (χ3n) is 2.99. The van der Waals surface area contributed by atoms with Gasteiger partial charge < -0.3 is 10.4 Å². The fourth-order valence-electron chi connectivity index (χ4n) is 2.00. The Hall–Kier alpha value is -2.73. The second kappa shape index (κ2) is 5.34. The Bertz CT molecular complexity index is 842. The predicted molar refractivity (Wildman–Crippen MR) is 81.0 cm³/mol. The van der Waals surface area contributed by atoms with E-state index in [-0.39, 0.29) is 11.1 Å². The fourth-order valence-corrected chi connectivity index (χ4v) is 2.72. The molecule has 0 saturated heterocycles.